The number of aromatic amines is 1. The molecule has 152 valence electrons. The number of carbonyl (C=O) groups is 1. The Bertz CT molecular complexity index is 992. The highest BCUT2D eigenvalue weighted by atomic mass is 16.2. The Morgan fingerprint density at radius 1 is 1.39 bits per heavy atom. The second-order valence-electron chi connectivity index (χ2n) is 7.91. The highest BCUT2D eigenvalue weighted by Gasteiger charge is 2.26. The van der Waals surface area contributed by atoms with E-state index in [-0.39, 0.29) is 34.5 Å². The SMILES string of the molecule is CCCn1c(=O)[nH]c(=O)c2c(C(=O)NC3CCNCC3C)cc(C(C)C)nc21. The summed E-state index contributed by atoms with van der Waals surface area (Å²) < 4.78 is 1.45. The van der Waals surface area contributed by atoms with Crippen molar-refractivity contribution >= 4 is 16.9 Å². The van der Waals surface area contributed by atoms with Gasteiger partial charge in [0.25, 0.3) is 11.5 Å². The number of hydrogen-bond acceptors (Lipinski definition) is 5. The molecule has 2 aromatic heterocycles. The van der Waals surface area contributed by atoms with Gasteiger partial charge >= 0.3 is 5.69 Å². The summed E-state index contributed by atoms with van der Waals surface area (Å²) in [5.41, 5.74) is 0.187. The van der Waals surface area contributed by atoms with Crippen LogP contribution in [0.3, 0.4) is 0 Å². The van der Waals surface area contributed by atoms with Crippen molar-refractivity contribution in [1.29, 1.82) is 0 Å². The summed E-state index contributed by atoms with van der Waals surface area (Å²) in [6, 6.07) is 1.73. The maximum Gasteiger partial charge on any atom is 0.329 e. The first-order valence-corrected chi connectivity index (χ1v) is 10.0. The van der Waals surface area contributed by atoms with Gasteiger partial charge in [-0.25, -0.2) is 9.78 Å². The minimum atomic E-state index is -0.571. The number of amides is 1. The normalized spacial score (nSPS) is 19.9. The molecule has 0 bridgehead atoms. The number of pyridine rings is 1. The van der Waals surface area contributed by atoms with Crippen molar-refractivity contribution in [3.8, 4) is 0 Å². The van der Waals surface area contributed by atoms with Gasteiger partial charge in [0.1, 0.15) is 0 Å². The largest absolute Gasteiger partial charge is 0.349 e. The molecular formula is C20H29N5O3. The van der Waals surface area contributed by atoms with Crippen LogP contribution in [0.5, 0.6) is 0 Å². The minimum absolute atomic E-state index is 0.0418. The quantitative estimate of drug-likeness (QED) is 0.717. The third kappa shape index (κ3) is 3.87. The molecule has 8 nitrogen and oxygen atoms in total. The molecule has 3 N–H and O–H groups in total. The first-order valence-electron chi connectivity index (χ1n) is 10.0. The van der Waals surface area contributed by atoms with Crippen LogP contribution < -0.4 is 21.9 Å². The fourth-order valence-electron chi connectivity index (χ4n) is 3.67. The van der Waals surface area contributed by atoms with E-state index in [1.54, 1.807) is 6.07 Å². The van der Waals surface area contributed by atoms with Gasteiger partial charge in [-0.05, 0) is 43.8 Å². The molecule has 0 radical (unpaired) electrons. The highest BCUT2D eigenvalue weighted by molar-refractivity contribution is 6.05. The van der Waals surface area contributed by atoms with Crippen LogP contribution in [0, 0.1) is 5.92 Å². The molecular weight excluding hydrogens is 358 g/mol. The van der Waals surface area contributed by atoms with Crippen molar-refractivity contribution in [2.45, 2.75) is 59.0 Å². The lowest BCUT2D eigenvalue weighted by molar-refractivity contribution is 0.0915. The first-order chi connectivity index (χ1) is 13.3. The van der Waals surface area contributed by atoms with Crippen LogP contribution in [0.2, 0.25) is 0 Å². The van der Waals surface area contributed by atoms with Crippen LogP contribution in [0.25, 0.3) is 11.0 Å². The zero-order chi connectivity index (χ0) is 20.4. The number of nitrogens with zero attached hydrogens (tertiary/aromatic N) is 2. The molecule has 1 aliphatic rings. The summed E-state index contributed by atoms with van der Waals surface area (Å²) in [6.07, 6.45) is 1.55. The van der Waals surface area contributed by atoms with E-state index in [0.717, 1.165) is 19.5 Å². The lowest BCUT2D eigenvalue weighted by Crippen LogP contribution is -2.48. The van der Waals surface area contributed by atoms with Gasteiger partial charge < -0.3 is 10.6 Å². The zero-order valence-corrected chi connectivity index (χ0v) is 17.0. The first kappa shape index (κ1) is 20.3. The van der Waals surface area contributed by atoms with Crippen molar-refractivity contribution in [3.05, 3.63) is 38.2 Å². The van der Waals surface area contributed by atoms with Crippen LogP contribution in [0.1, 0.15) is 62.5 Å². The molecule has 3 heterocycles. The summed E-state index contributed by atoms with van der Waals surface area (Å²) >= 11 is 0. The number of rotatable bonds is 5. The molecule has 2 unspecified atom stereocenters. The molecule has 0 aromatic carbocycles. The van der Waals surface area contributed by atoms with Crippen molar-refractivity contribution in [2.24, 2.45) is 5.92 Å². The van der Waals surface area contributed by atoms with Crippen LogP contribution in [-0.4, -0.2) is 39.6 Å². The molecule has 0 saturated carbocycles. The zero-order valence-electron chi connectivity index (χ0n) is 17.0. The number of aromatic nitrogens is 3. The van der Waals surface area contributed by atoms with E-state index >= 15 is 0 Å². The third-order valence-corrected chi connectivity index (χ3v) is 5.35. The molecule has 3 rings (SSSR count). The van der Waals surface area contributed by atoms with E-state index in [0.29, 0.717) is 24.6 Å². The average Bonchev–Trinajstić information content (AvgIpc) is 2.65. The van der Waals surface area contributed by atoms with Gasteiger partial charge in [0.15, 0.2) is 5.65 Å². The average molecular weight is 387 g/mol. The molecule has 2 atom stereocenters. The molecule has 2 aromatic rings. The van der Waals surface area contributed by atoms with Crippen molar-refractivity contribution in [1.82, 2.24) is 25.2 Å². The van der Waals surface area contributed by atoms with Gasteiger partial charge in [0.2, 0.25) is 0 Å². The van der Waals surface area contributed by atoms with Crippen molar-refractivity contribution in [2.75, 3.05) is 13.1 Å². The monoisotopic (exact) mass is 387 g/mol. The predicted octanol–water partition coefficient (Wildman–Crippen LogP) is 1.35. The number of hydrogen-bond donors (Lipinski definition) is 3. The van der Waals surface area contributed by atoms with Gasteiger partial charge in [0.05, 0.1) is 10.9 Å². The minimum Gasteiger partial charge on any atom is -0.349 e. The van der Waals surface area contributed by atoms with E-state index in [1.165, 1.54) is 4.57 Å². The van der Waals surface area contributed by atoms with Crippen LogP contribution in [0.15, 0.2) is 15.7 Å². The summed E-state index contributed by atoms with van der Waals surface area (Å²) in [7, 11) is 0. The molecule has 8 heteroatoms. The Balaban J connectivity index is 2.17. The molecule has 28 heavy (non-hydrogen) atoms. The number of carbonyl (C=O) groups excluding carboxylic acids is 1. The van der Waals surface area contributed by atoms with Gasteiger partial charge in [-0.1, -0.05) is 27.7 Å². The summed E-state index contributed by atoms with van der Waals surface area (Å²) in [5, 5.41) is 6.58. The Labute approximate surface area is 163 Å². The van der Waals surface area contributed by atoms with Crippen LogP contribution in [0.4, 0.5) is 0 Å². The Morgan fingerprint density at radius 2 is 2.14 bits per heavy atom. The fourth-order valence-corrected chi connectivity index (χ4v) is 3.67. The van der Waals surface area contributed by atoms with Gasteiger partial charge in [0, 0.05) is 18.3 Å². The number of fused-ring (bicyclic) bond motifs is 1. The number of H-pyrrole nitrogens is 1. The maximum atomic E-state index is 13.2. The Kier molecular flexibility index (Phi) is 5.98. The maximum absolute atomic E-state index is 13.2. The topological polar surface area (TPSA) is 109 Å². The molecule has 0 aliphatic carbocycles. The second kappa shape index (κ2) is 8.26. The fraction of sp³-hybridized carbons (Fsp3) is 0.600. The standard InChI is InChI=1S/C20H29N5O3/c1-5-8-25-17-16(19(27)24-20(25)28)13(9-15(22-17)11(2)3)18(26)23-14-6-7-21-10-12(14)4/h9,11-12,14,21H,5-8,10H2,1-4H3,(H,23,26)(H,24,27,28). The van der Waals surface area contributed by atoms with Gasteiger partial charge in [-0.15, -0.1) is 0 Å². The summed E-state index contributed by atoms with van der Waals surface area (Å²) in [4.78, 5) is 45.0. The number of nitrogens with one attached hydrogen (secondary N) is 3. The lowest BCUT2D eigenvalue weighted by Gasteiger charge is -2.30. The van der Waals surface area contributed by atoms with Crippen LogP contribution in [-0.2, 0) is 6.54 Å². The summed E-state index contributed by atoms with van der Waals surface area (Å²) in [6.45, 7) is 10.1. The summed E-state index contributed by atoms with van der Waals surface area (Å²) in [5.74, 6) is 0.0606. The van der Waals surface area contributed by atoms with E-state index in [1.807, 2.05) is 20.8 Å². The molecule has 1 saturated heterocycles. The molecule has 1 amide bonds. The van der Waals surface area contributed by atoms with Crippen molar-refractivity contribution in [3.63, 3.8) is 0 Å². The molecule has 1 aliphatic heterocycles. The predicted molar refractivity (Wildman–Crippen MR) is 109 cm³/mol. The van der Waals surface area contributed by atoms with E-state index in [9.17, 15) is 14.4 Å². The van der Waals surface area contributed by atoms with Gasteiger partial charge in [-0.3, -0.25) is 19.1 Å². The molecule has 1 fully saturated rings. The Hall–Kier alpha value is -2.48. The number of aryl methyl sites for hydroxylation is 1. The highest BCUT2D eigenvalue weighted by Crippen LogP contribution is 2.21. The third-order valence-electron chi connectivity index (χ3n) is 5.35. The van der Waals surface area contributed by atoms with E-state index in [4.69, 9.17) is 0 Å². The second-order valence-corrected chi connectivity index (χ2v) is 7.91. The van der Waals surface area contributed by atoms with E-state index in [2.05, 4.69) is 27.5 Å². The van der Waals surface area contributed by atoms with Gasteiger partial charge in [-0.2, -0.15) is 0 Å². The lowest BCUT2D eigenvalue weighted by atomic mass is 9.94. The Morgan fingerprint density at radius 3 is 2.79 bits per heavy atom. The smallest absolute Gasteiger partial charge is 0.329 e. The number of piperidine rings is 1. The molecule has 0 spiro atoms. The van der Waals surface area contributed by atoms with Crippen molar-refractivity contribution < 1.29 is 4.79 Å². The van der Waals surface area contributed by atoms with E-state index < -0.39 is 11.2 Å². The van der Waals surface area contributed by atoms with Crippen LogP contribution >= 0.6 is 0 Å².